The highest BCUT2D eigenvalue weighted by atomic mass is 79.9. The molecule has 0 radical (unpaired) electrons. The normalized spacial score (nSPS) is 10.6. The second kappa shape index (κ2) is 9.20. The van der Waals surface area contributed by atoms with Crippen LogP contribution in [-0.4, -0.2) is 23.8 Å². The van der Waals surface area contributed by atoms with Crippen molar-refractivity contribution >= 4 is 55.7 Å². The Morgan fingerprint density at radius 2 is 1.66 bits per heavy atom. The summed E-state index contributed by atoms with van der Waals surface area (Å²) in [7, 11) is 1.55. The second-order valence-corrected chi connectivity index (χ2v) is 8.03. The van der Waals surface area contributed by atoms with Gasteiger partial charge in [-0.2, -0.15) is 0 Å². The minimum Gasteiger partial charge on any atom is -0.355 e. The van der Waals surface area contributed by atoms with Crippen LogP contribution in [0.15, 0.2) is 77.4 Å². The highest BCUT2D eigenvalue weighted by Crippen LogP contribution is 2.30. The molecule has 1 heterocycles. The number of carbonyl (C=O) groups excluding carboxylic acids is 2. The van der Waals surface area contributed by atoms with E-state index in [1.54, 1.807) is 19.2 Å². The monoisotopic (exact) mass is 488 g/mol. The van der Waals surface area contributed by atoms with Crippen LogP contribution >= 0.6 is 15.9 Å². The SMILES string of the molecule is CNC(=O)c1cnc(Nc2ccccc2C)c(NC(=O)c2ccc3ccccc3c2Br)c1. The molecule has 0 saturated carbocycles. The molecular weight excluding hydrogens is 468 g/mol. The standard InChI is InChI=1S/C25H21BrN4O2/c1-15-7-3-6-10-20(15)29-23-21(13-17(14-28-23)24(31)27-2)30-25(32)19-12-11-16-8-4-5-9-18(16)22(19)26/h3-14H,1-2H3,(H,27,31)(H,28,29)(H,30,32). The van der Waals surface area contributed by atoms with Gasteiger partial charge >= 0.3 is 0 Å². The van der Waals surface area contributed by atoms with Crippen LogP contribution < -0.4 is 16.0 Å². The largest absolute Gasteiger partial charge is 0.355 e. The maximum Gasteiger partial charge on any atom is 0.256 e. The van der Waals surface area contributed by atoms with Crippen molar-refractivity contribution in [1.82, 2.24) is 10.3 Å². The number of hydrogen-bond donors (Lipinski definition) is 3. The molecule has 3 N–H and O–H groups in total. The molecule has 32 heavy (non-hydrogen) atoms. The van der Waals surface area contributed by atoms with Crippen LogP contribution in [0.5, 0.6) is 0 Å². The molecule has 160 valence electrons. The lowest BCUT2D eigenvalue weighted by molar-refractivity contribution is 0.0961. The van der Waals surface area contributed by atoms with Gasteiger partial charge in [0.25, 0.3) is 11.8 Å². The van der Waals surface area contributed by atoms with E-state index in [0.29, 0.717) is 27.1 Å². The van der Waals surface area contributed by atoms with Crippen molar-refractivity contribution in [3.63, 3.8) is 0 Å². The van der Waals surface area contributed by atoms with E-state index in [-0.39, 0.29) is 11.8 Å². The molecule has 7 heteroatoms. The summed E-state index contributed by atoms with van der Waals surface area (Å²) in [6, 6.07) is 20.9. The third-order valence-electron chi connectivity index (χ3n) is 5.13. The summed E-state index contributed by atoms with van der Waals surface area (Å²) in [6.45, 7) is 1.98. The number of rotatable bonds is 5. The summed E-state index contributed by atoms with van der Waals surface area (Å²) < 4.78 is 0.705. The van der Waals surface area contributed by atoms with Crippen LogP contribution in [0.25, 0.3) is 10.8 Å². The number of aryl methyl sites for hydroxylation is 1. The van der Waals surface area contributed by atoms with E-state index in [1.807, 2.05) is 61.5 Å². The van der Waals surface area contributed by atoms with Crippen molar-refractivity contribution < 1.29 is 9.59 Å². The van der Waals surface area contributed by atoms with Gasteiger partial charge in [0.1, 0.15) is 0 Å². The van der Waals surface area contributed by atoms with Crippen LogP contribution in [0, 0.1) is 6.92 Å². The average Bonchev–Trinajstić information content (AvgIpc) is 2.81. The van der Waals surface area contributed by atoms with E-state index in [2.05, 4.69) is 36.9 Å². The van der Waals surface area contributed by atoms with E-state index in [0.717, 1.165) is 22.0 Å². The highest BCUT2D eigenvalue weighted by Gasteiger charge is 2.17. The number of benzene rings is 3. The molecule has 6 nitrogen and oxygen atoms in total. The number of para-hydroxylation sites is 1. The zero-order chi connectivity index (χ0) is 22.7. The van der Waals surface area contributed by atoms with E-state index in [9.17, 15) is 9.59 Å². The fourth-order valence-electron chi connectivity index (χ4n) is 3.37. The molecule has 0 bridgehead atoms. The van der Waals surface area contributed by atoms with Gasteiger partial charge in [0.05, 0.1) is 16.8 Å². The van der Waals surface area contributed by atoms with E-state index in [1.165, 1.54) is 6.20 Å². The van der Waals surface area contributed by atoms with Gasteiger partial charge in [0.15, 0.2) is 5.82 Å². The first-order chi connectivity index (χ1) is 15.5. The van der Waals surface area contributed by atoms with Crippen molar-refractivity contribution in [3.05, 3.63) is 94.1 Å². The van der Waals surface area contributed by atoms with Gasteiger partial charge in [-0.05, 0) is 57.4 Å². The van der Waals surface area contributed by atoms with Gasteiger partial charge in [-0.25, -0.2) is 4.98 Å². The summed E-state index contributed by atoms with van der Waals surface area (Å²) in [5.41, 5.74) is 3.11. The van der Waals surface area contributed by atoms with Crippen LogP contribution in [0.1, 0.15) is 26.3 Å². The smallest absolute Gasteiger partial charge is 0.256 e. The number of nitrogens with one attached hydrogen (secondary N) is 3. The van der Waals surface area contributed by atoms with E-state index < -0.39 is 0 Å². The highest BCUT2D eigenvalue weighted by molar-refractivity contribution is 9.10. The number of aromatic nitrogens is 1. The lowest BCUT2D eigenvalue weighted by atomic mass is 10.1. The third kappa shape index (κ3) is 4.33. The lowest BCUT2D eigenvalue weighted by Gasteiger charge is -2.15. The Kier molecular flexibility index (Phi) is 6.18. The topological polar surface area (TPSA) is 83.1 Å². The zero-order valence-corrected chi connectivity index (χ0v) is 19.2. The van der Waals surface area contributed by atoms with Gasteiger partial charge in [0.2, 0.25) is 0 Å². The van der Waals surface area contributed by atoms with E-state index >= 15 is 0 Å². The van der Waals surface area contributed by atoms with Crippen molar-refractivity contribution in [1.29, 1.82) is 0 Å². The number of anilines is 3. The first-order valence-electron chi connectivity index (χ1n) is 10.0. The Morgan fingerprint density at radius 1 is 0.906 bits per heavy atom. The first kappa shape index (κ1) is 21.5. The number of hydrogen-bond acceptors (Lipinski definition) is 4. The Hall–Kier alpha value is -3.71. The van der Waals surface area contributed by atoms with Crippen molar-refractivity contribution in [2.45, 2.75) is 6.92 Å². The van der Waals surface area contributed by atoms with Crippen molar-refractivity contribution in [3.8, 4) is 0 Å². The third-order valence-corrected chi connectivity index (χ3v) is 5.99. The molecule has 0 saturated heterocycles. The molecule has 0 aliphatic carbocycles. The molecule has 4 rings (SSSR count). The Morgan fingerprint density at radius 3 is 2.44 bits per heavy atom. The van der Waals surface area contributed by atoms with Gasteiger partial charge in [-0.3, -0.25) is 9.59 Å². The second-order valence-electron chi connectivity index (χ2n) is 7.24. The molecule has 0 unspecified atom stereocenters. The number of halogens is 1. The summed E-state index contributed by atoms with van der Waals surface area (Å²) in [5.74, 6) is -0.161. The summed E-state index contributed by atoms with van der Waals surface area (Å²) in [6.07, 6.45) is 1.47. The molecule has 2 amide bonds. The number of carbonyl (C=O) groups is 2. The zero-order valence-electron chi connectivity index (χ0n) is 17.6. The minimum absolute atomic E-state index is 0.290. The van der Waals surface area contributed by atoms with Crippen molar-refractivity contribution in [2.24, 2.45) is 0 Å². The molecule has 0 fully saturated rings. The maximum atomic E-state index is 13.2. The number of nitrogens with zero attached hydrogens (tertiary/aromatic N) is 1. The van der Waals surface area contributed by atoms with Gasteiger partial charge in [-0.1, -0.05) is 48.5 Å². The Balaban J connectivity index is 1.72. The molecule has 0 aliphatic heterocycles. The van der Waals surface area contributed by atoms with Crippen LogP contribution in [0.4, 0.5) is 17.2 Å². The fourth-order valence-corrected chi connectivity index (χ4v) is 4.04. The Labute approximate surface area is 194 Å². The molecule has 0 spiro atoms. The first-order valence-corrected chi connectivity index (χ1v) is 10.8. The number of fused-ring (bicyclic) bond motifs is 1. The molecule has 4 aromatic rings. The minimum atomic E-state index is -0.314. The van der Waals surface area contributed by atoms with Crippen molar-refractivity contribution in [2.75, 3.05) is 17.7 Å². The van der Waals surface area contributed by atoms with E-state index in [4.69, 9.17) is 0 Å². The van der Waals surface area contributed by atoms with Gasteiger partial charge in [-0.15, -0.1) is 0 Å². The van der Waals surface area contributed by atoms with Crippen LogP contribution in [0.2, 0.25) is 0 Å². The molecular formula is C25H21BrN4O2. The van der Waals surface area contributed by atoms with Gasteiger partial charge < -0.3 is 16.0 Å². The predicted octanol–water partition coefficient (Wildman–Crippen LogP) is 5.66. The summed E-state index contributed by atoms with van der Waals surface area (Å²) >= 11 is 3.57. The van der Waals surface area contributed by atoms with Crippen LogP contribution in [0.3, 0.4) is 0 Å². The number of pyridine rings is 1. The Bertz CT molecular complexity index is 1340. The fraction of sp³-hybridized carbons (Fsp3) is 0.0800. The maximum absolute atomic E-state index is 13.2. The quantitative estimate of drug-likeness (QED) is 0.338. The predicted molar refractivity (Wildman–Crippen MR) is 132 cm³/mol. The molecule has 0 atom stereocenters. The number of amides is 2. The summed E-state index contributed by atoms with van der Waals surface area (Å²) in [4.78, 5) is 29.8. The van der Waals surface area contributed by atoms with Gasteiger partial charge in [0, 0.05) is 23.4 Å². The molecule has 1 aromatic heterocycles. The summed E-state index contributed by atoms with van der Waals surface area (Å²) in [5, 5.41) is 10.7. The lowest BCUT2D eigenvalue weighted by Crippen LogP contribution is -2.20. The van der Waals surface area contributed by atoms with Crippen LogP contribution in [-0.2, 0) is 0 Å². The average molecular weight is 489 g/mol. The molecule has 3 aromatic carbocycles. The molecule has 0 aliphatic rings.